The standard InChI is InChI=1S/C29H36N2O4/c32-27(33)19-23-13-8-12-22(17-23)18-24-14-4-5-15-25(24)29-31-26(20-35-29)28(34)30-16-7-6-11-21-9-2-1-3-10-21/h4-5,8,12-15,17,21,26H,1-3,6-7,9-11,16,18-20H2,(H,30,34)(H,32,33). The van der Waals surface area contributed by atoms with Crippen LogP contribution in [0.15, 0.2) is 53.5 Å². The van der Waals surface area contributed by atoms with Gasteiger partial charge in [0.25, 0.3) is 0 Å². The van der Waals surface area contributed by atoms with Gasteiger partial charge in [-0.25, -0.2) is 4.99 Å². The second kappa shape index (κ2) is 12.5. The molecule has 1 heterocycles. The molecule has 1 fully saturated rings. The van der Waals surface area contributed by atoms with Gasteiger partial charge in [-0.15, -0.1) is 0 Å². The number of nitrogens with one attached hydrogen (secondary N) is 1. The summed E-state index contributed by atoms with van der Waals surface area (Å²) in [5, 5.41) is 12.1. The summed E-state index contributed by atoms with van der Waals surface area (Å²) >= 11 is 0. The number of rotatable bonds is 11. The Labute approximate surface area is 207 Å². The van der Waals surface area contributed by atoms with E-state index in [1.807, 2.05) is 48.5 Å². The highest BCUT2D eigenvalue weighted by molar-refractivity contribution is 5.99. The summed E-state index contributed by atoms with van der Waals surface area (Å²) in [4.78, 5) is 28.3. The van der Waals surface area contributed by atoms with Gasteiger partial charge in [-0.2, -0.15) is 0 Å². The maximum absolute atomic E-state index is 12.6. The number of unbranched alkanes of at least 4 members (excludes halogenated alkanes) is 1. The van der Waals surface area contributed by atoms with Crippen molar-refractivity contribution in [1.82, 2.24) is 5.32 Å². The summed E-state index contributed by atoms with van der Waals surface area (Å²) in [5.41, 5.74) is 3.70. The van der Waals surface area contributed by atoms with E-state index in [0.717, 1.165) is 34.6 Å². The topological polar surface area (TPSA) is 88.0 Å². The van der Waals surface area contributed by atoms with E-state index in [1.54, 1.807) is 0 Å². The molecule has 0 spiro atoms. The number of aliphatic imine (C=N–C) groups is 1. The molecule has 2 aromatic carbocycles. The Morgan fingerprint density at radius 1 is 1.00 bits per heavy atom. The van der Waals surface area contributed by atoms with Crippen LogP contribution in [-0.2, 0) is 27.2 Å². The summed E-state index contributed by atoms with van der Waals surface area (Å²) in [6.45, 7) is 0.946. The van der Waals surface area contributed by atoms with Gasteiger partial charge in [0.05, 0.1) is 6.42 Å². The fourth-order valence-electron chi connectivity index (χ4n) is 5.15. The van der Waals surface area contributed by atoms with E-state index < -0.39 is 12.0 Å². The highest BCUT2D eigenvalue weighted by Crippen LogP contribution is 2.27. The van der Waals surface area contributed by atoms with Crippen molar-refractivity contribution < 1.29 is 19.4 Å². The SMILES string of the molecule is O=C(O)Cc1cccc(Cc2ccccc2C2=NC(C(=O)NCCCCC3CCCCC3)CO2)c1. The van der Waals surface area contributed by atoms with Crippen molar-refractivity contribution in [3.63, 3.8) is 0 Å². The highest BCUT2D eigenvalue weighted by Gasteiger charge is 2.27. The molecule has 1 aliphatic carbocycles. The average Bonchev–Trinajstić information content (AvgIpc) is 3.35. The lowest BCUT2D eigenvalue weighted by Crippen LogP contribution is -2.34. The summed E-state index contributed by atoms with van der Waals surface area (Å²) in [5.74, 6) is 0.468. The molecule has 6 nitrogen and oxygen atoms in total. The molecule has 0 aromatic heterocycles. The number of carboxylic acid groups (broad SMARTS) is 1. The van der Waals surface area contributed by atoms with Gasteiger partial charge in [0.2, 0.25) is 11.8 Å². The van der Waals surface area contributed by atoms with Crippen molar-refractivity contribution in [2.24, 2.45) is 10.9 Å². The number of carboxylic acids is 1. The van der Waals surface area contributed by atoms with E-state index in [9.17, 15) is 9.59 Å². The normalized spacial score (nSPS) is 18.1. The van der Waals surface area contributed by atoms with E-state index in [4.69, 9.17) is 9.84 Å². The molecule has 186 valence electrons. The first-order chi connectivity index (χ1) is 17.1. The molecule has 2 aliphatic rings. The summed E-state index contributed by atoms with van der Waals surface area (Å²) < 4.78 is 5.85. The predicted molar refractivity (Wildman–Crippen MR) is 137 cm³/mol. The fourth-order valence-corrected chi connectivity index (χ4v) is 5.15. The Balaban J connectivity index is 1.30. The van der Waals surface area contributed by atoms with Crippen molar-refractivity contribution in [1.29, 1.82) is 0 Å². The summed E-state index contributed by atoms with van der Waals surface area (Å²) in [7, 11) is 0. The molecule has 1 aliphatic heterocycles. The molecule has 1 unspecified atom stereocenters. The zero-order valence-electron chi connectivity index (χ0n) is 20.4. The molecule has 0 radical (unpaired) electrons. The third kappa shape index (κ3) is 7.41. The van der Waals surface area contributed by atoms with Gasteiger partial charge < -0.3 is 15.2 Å². The molecule has 6 heteroatoms. The van der Waals surface area contributed by atoms with E-state index in [0.29, 0.717) is 18.9 Å². The molecule has 1 saturated carbocycles. The number of nitrogens with zero attached hydrogens (tertiary/aromatic N) is 1. The van der Waals surface area contributed by atoms with Crippen LogP contribution >= 0.6 is 0 Å². The predicted octanol–water partition coefficient (Wildman–Crippen LogP) is 4.92. The van der Waals surface area contributed by atoms with Crippen molar-refractivity contribution in [2.45, 2.75) is 70.3 Å². The van der Waals surface area contributed by atoms with Gasteiger partial charge in [-0.1, -0.05) is 87.4 Å². The van der Waals surface area contributed by atoms with Crippen LogP contribution < -0.4 is 5.32 Å². The van der Waals surface area contributed by atoms with Crippen molar-refractivity contribution in [3.8, 4) is 0 Å². The quantitative estimate of drug-likeness (QED) is 0.451. The first-order valence-electron chi connectivity index (χ1n) is 12.9. The van der Waals surface area contributed by atoms with E-state index >= 15 is 0 Å². The molecule has 0 bridgehead atoms. The zero-order valence-corrected chi connectivity index (χ0v) is 20.4. The number of amides is 1. The number of carbonyl (C=O) groups excluding carboxylic acids is 1. The molecule has 0 saturated heterocycles. The first kappa shape index (κ1) is 25.0. The Morgan fingerprint density at radius 3 is 2.63 bits per heavy atom. The van der Waals surface area contributed by atoms with Crippen LogP contribution in [0.4, 0.5) is 0 Å². The van der Waals surface area contributed by atoms with Crippen LogP contribution in [0.3, 0.4) is 0 Å². The lowest BCUT2D eigenvalue weighted by molar-refractivity contribution is -0.136. The van der Waals surface area contributed by atoms with Crippen molar-refractivity contribution >= 4 is 17.8 Å². The number of hydrogen-bond donors (Lipinski definition) is 2. The first-order valence-corrected chi connectivity index (χ1v) is 12.9. The minimum Gasteiger partial charge on any atom is -0.481 e. The van der Waals surface area contributed by atoms with Crippen LogP contribution in [0, 0.1) is 5.92 Å². The van der Waals surface area contributed by atoms with Crippen molar-refractivity contribution in [2.75, 3.05) is 13.2 Å². The zero-order chi connectivity index (χ0) is 24.5. The lowest BCUT2D eigenvalue weighted by atomic mass is 9.86. The molecular formula is C29H36N2O4. The highest BCUT2D eigenvalue weighted by atomic mass is 16.5. The number of hydrogen-bond acceptors (Lipinski definition) is 4. The smallest absolute Gasteiger partial charge is 0.307 e. The molecule has 1 amide bonds. The number of carbonyl (C=O) groups is 2. The van der Waals surface area contributed by atoms with E-state index in [1.165, 1.54) is 44.9 Å². The van der Waals surface area contributed by atoms with Gasteiger partial charge in [0.15, 0.2) is 6.04 Å². The van der Waals surface area contributed by atoms with Gasteiger partial charge in [0.1, 0.15) is 6.61 Å². The van der Waals surface area contributed by atoms with Crippen LogP contribution in [0.25, 0.3) is 0 Å². The van der Waals surface area contributed by atoms with Gasteiger partial charge in [-0.3, -0.25) is 9.59 Å². The fraction of sp³-hybridized carbons (Fsp3) is 0.483. The lowest BCUT2D eigenvalue weighted by Gasteiger charge is -2.21. The molecule has 2 aromatic rings. The van der Waals surface area contributed by atoms with E-state index in [-0.39, 0.29) is 18.9 Å². The van der Waals surface area contributed by atoms with Crippen LogP contribution in [0.2, 0.25) is 0 Å². The molecule has 1 atom stereocenters. The third-order valence-electron chi connectivity index (χ3n) is 7.01. The molecule has 4 rings (SSSR count). The number of aliphatic carboxylic acids is 1. The van der Waals surface area contributed by atoms with Crippen LogP contribution in [0.1, 0.15) is 73.6 Å². The Kier molecular flexibility index (Phi) is 8.93. The third-order valence-corrected chi connectivity index (χ3v) is 7.01. The number of ether oxygens (including phenoxy) is 1. The minimum atomic E-state index is -0.843. The van der Waals surface area contributed by atoms with Crippen LogP contribution in [-0.4, -0.2) is 42.1 Å². The maximum atomic E-state index is 12.6. The largest absolute Gasteiger partial charge is 0.481 e. The summed E-state index contributed by atoms with van der Waals surface area (Å²) in [6.07, 6.45) is 11.0. The van der Waals surface area contributed by atoms with Crippen LogP contribution in [0.5, 0.6) is 0 Å². The Morgan fingerprint density at radius 2 is 1.80 bits per heavy atom. The second-order valence-electron chi connectivity index (χ2n) is 9.78. The Hall–Kier alpha value is -3.15. The maximum Gasteiger partial charge on any atom is 0.307 e. The van der Waals surface area contributed by atoms with Gasteiger partial charge >= 0.3 is 5.97 Å². The Bertz CT molecular complexity index is 1040. The monoisotopic (exact) mass is 476 g/mol. The minimum absolute atomic E-state index is 0.00266. The number of benzene rings is 2. The molecule has 35 heavy (non-hydrogen) atoms. The average molecular weight is 477 g/mol. The van der Waals surface area contributed by atoms with Gasteiger partial charge in [-0.05, 0) is 41.5 Å². The van der Waals surface area contributed by atoms with Crippen molar-refractivity contribution in [3.05, 3.63) is 70.8 Å². The molecular weight excluding hydrogens is 440 g/mol. The second-order valence-corrected chi connectivity index (χ2v) is 9.78. The summed E-state index contributed by atoms with van der Waals surface area (Å²) in [6, 6.07) is 15.0. The van der Waals surface area contributed by atoms with Gasteiger partial charge in [0, 0.05) is 12.1 Å². The van der Waals surface area contributed by atoms with E-state index in [2.05, 4.69) is 10.3 Å². The molecule has 2 N–H and O–H groups in total.